The molecule has 1 aromatic heterocycles. The van der Waals surface area contributed by atoms with Gasteiger partial charge in [-0.3, -0.25) is 0 Å². The van der Waals surface area contributed by atoms with Crippen molar-refractivity contribution in [3.63, 3.8) is 0 Å². The van der Waals surface area contributed by atoms with Crippen molar-refractivity contribution in [3.8, 4) is 0 Å². The van der Waals surface area contributed by atoms with E-state index >= 15 is 0 Å². The smallest absolute Gasteiger partial charge is 0.141 e. The predicted octanol–water partition coefficient (Wildman–Crippen LogP) is 3.87. The first-order valence-corrected chi connectivity index (χ1v) is 6.95. The van der Waals surface area contributed by atoms with Crippen LogP contribution in [0.4, 0.5) is 0 Å². The highest BCUT2D eigenvalue weighted by Crippen LogP contribution is 2.51. The van der Waals surface area contributed by atoms with E-state index < -0.39 is 0 Å². The van der Waals surface area contributed by atoms with Gasteiger partial charge in [0.25, 0.3) is 0 Å². The molecule has 3 rings (SSSR count). The molecule has 17 heavy (non-hydrogen) atoms. The van der Waals surface area contributed by atoms with Crippen LogP contribution in [0.2, 0.25) is 0 Å². The second kappa shape index (κ2) is 3.60. The van der Waals surface area contributed by atoms with Crippen LogP contribution in [0.5, 0.6) is 0 Å². The number of aryl methyl sites for hydroxylation is 1. The zero-order valence-corrected chi connectivity index (χ0v) is 11.4. The van der Waals surface area contributed by atoms with Crippen LogP contribution in [-0.2, 0) is 11.8 Å². The average molecular weight is 233 g/mol. The number of nitrogens with zero attached hydrogens (tertiary/aromatic N) is 1. The van der Waals surface area contributed by atoms with Crippen LogP contribution in [0.25, 0.3) is 0 Å². The monoisotopic (exact) mass is 233 g/mol. The van der Waals surface area contributed by atoms with Gasteiger partial charge in [-0.25, -0.2) is 0 Å². The maximum absolute atomic E-state index is 5.56. The van der Waals surface area contributed by atoms with Crippen LogP contribution in [0.1, 0.15) is 57.1 Å². The molecule has 2 aliphatic carbocycles. The third-order valence-corrected chi connectivity index (χ3v) is 5.20. The molecule has 1 fully saturated rings. The van der Waals surface area contributed by atoms with Crippen molar-refractivity contribution in [1.29, 1.82) is 0 Å². The fourth-order valence-electron chi connectivity index (χ4n) is 4.48. The summed E-state index contributed by atoms with van der Waals surface area (Å²) in [5, 5.41) is 4.20. The standard InChI is InChI=1S/C15H23NO/c1-9-5-6-12-11(7-9)8-13-14(15(12,3)4)10(2)16-17-13/h9,11-12H,5-8H2,1-4H3. The summed E-state index contributed by atoms with van der Waals surface area (Å²) in [7, 11) is 0. The molecule has 0 N–H and O–H groups in total. The highest BCUT2D eigenvalue weighted by Gasteiger charge is 2.47. The molecule has 0 spiro atoms. The molecule has 1 saturated carbocycles. The summed E-state index contributed by atoms with van der Waals surface area (Å²) in [5.74, 6) is 3.69. The molecule has 0 aromatic carbocycles. The van der Waals surface area contributed by atoms with E-state index in [0.29, 0.717) is 0 Å². The summed E-state index contributed by atoms with van der Waals surface area (Å²) < 4.78 is 5.56. The Morgan fingerprint density at radius 3 is 2.82 bits per heavy atom. The van der Waals surface area contributed by atoms with Gasteiger partial charge in [0.15, 0.2) is 0 Å². The number of rotatable bonds is 0. The first kappa shape index (κ1) is 11.3. The van der Waals surface area contributed by atoms with Gasteiger partial charge in [-0.05, 0) is 42.9 Å². The van der Waals surface area contributed by atoms with Gasteiger partial charge in [0.2, 0.25) is 0 Å². The van der Waals surface area contributed by atoms with E-state index in [1.165, 1.54) is 30.6 Å². The normalized spacial score (nSPS) is 35.2. The van der Waals surface area contributed by atoms with E-state index in [1.54, 1.807) is 0 Å². The van der Waals surface area contributed by atoms with Crippen LogP contribution < -0.4 is 0 Å². The van der Waals surface area contributed by atoms with Gasteiger partial charge in [0, 0.05) is 12.0 Å². The molecule has 3 atom stereocenters. The van der Waals surface area contributed by atoms with Crippen molar-refractivity contribution in [2.75, 3.05) is 0 Å². The minimum atomic E-state index is 0.252. The van der Waals surface area contributed by atoms with Crippen molar-refractivity contribution in [3.05, 3.63) is 17.0 Å². The molecule has 0 amide bonds. The van der Waals surface area contributed by atoms with E-state index in [4.69, 9.17) is 4.52 Å². The molecule has 1 aromatic rings. The van der Waals surface area contributed by atoms with Gasteiger partial charge in [0.1, 0.15) is 5.76 Å². The molecule has 0 bridgehead atoms. The van der Waals surface area contributed by atoms with Gasteiger partial charge >= 0.3 is 0 Å². The lowest BCUT2D eigenvalue weighted by Crippen LogP contribution is -2.43. The van der Waals surface area contributed by atoms with Crippen molar-refractivity contribution >= 4 is 0 Å². The largest absolute Gasteiger partial charge is 0.361 e. The number of hydrogen-bond acceptors (Lipinski definition) is 2. The number of hydrogen-bond donors (Lipinski definition) is 0. The second-order valence-electron chi connectivity index (χ2n) is 6.78. The lowest BCUT2D eigenvalue weighted by molar-refractivity contribution is 0.0967. The molecule has 2 heteroatoms. The zero-order chi connectivity index (χ0) is 12.2. The van der Waals surface area contributed by atoms with Crippen LogP contribution >= 0.6 is 0 Å². The first-order valence-electron chi connectivity index (χ1n) is 6.95. The molecule has 1 heterocycles. The number of aromatic nitrogens is 1. The maximum Gasteiger partial charge on any atom is 0.141 e. The Kier molecular flexibility index (Phi) is 2.39. The third kappa shape index (κ3) is 1.56. The minimum absolute atomic E-state index is 0.252. The van der Waals surface area contributed by atoms with Crippen LogP contribution in [0, 0.1) is 24.7 Å². The Bertz CT molecular complexity index is 432. The molecule has 94 valence electrons. The summed E-state index contributed by atoms with van der Waals surface area (Å²) >= 11 is 0. The van der Waals surface area contributed by atoms with E-state index in [0.717, 1.165) is 29.9 Å². The predicted molar refractivity (Wildman–Crippen MR) is 68.0 cm³/mol. The summed E-state index contributed by atoms with van der Waals surface area (Å²) in [6, 6.07) is 0. The van der Waals surface area contributed by atoms with Gasteiger partial charge < -0.3 is 4.52 Å². The molecule has 2 nitrogen and oxygen atoms in total. The molecule has 0 saturated heterocycles. The minimum Gasteiger partial charge on any atom is -0.361 e. The van der Waals surface area contributed by atoms with E-state index in [9.17, 15) is 0 Å². The van der Waals surface area contributed by atoms with Crippen molar-refractivity contribution < 1.29 is 4.52 Å². The van der Waals surface area contributed by atoms with Crippen molar-refractivity contribution in [1.82, 2.24) is 5.16 Å². The van der Waals surface area contributed by atoms with E-state index in [2.05, 4.69) is 32.9 Å². The quantitative estimate of drug-likeness (QED) is 0.680. The molecule has 3 unspecified atom stereocenters. The molecule has 0 radical (unpaired) electrons. The van der Waals surface area contributed by atoms with E-state index in [-0.39, 0.29) is 5.41 Å². The SMILES string of the molecule is Cc1noc2c1C(C)(C)C1CCC(C)CC1C2. The first-order chi connectivity index (χ1) is 8.00. The summed E-state index contributed by atoms with van der Waals surface area (Å²) in [6.45, 7) is 9.27. The highest BCUT2D eigenvalue weighted by molar-refractivity contribution is 5.34. The van der Waals surface area contributed by atoms with Gasteiger partial charge in [-0.1, -0.05) is 32.3 Å². The Morgan fingerprint density at radius 2 is 2.06 bits per heavy atom. The van der Waals surface area contributed by atoms with Crippen LogP contribution in [0.15, 0.2) is 4.52 Å². The summed E-state index contributed by atoms with van der Waals surface area (Å²) in [5.41, 5.74) is 2.78. The zero-order valence-electron chi connectivity index (χ0n) is 11.4. The van der Waals surface area contributed by atoms with Crippen molar-refractivity contribution in [2.45, 2.75) is 58.8 Å². The molecular formula is C15H23NO. The highest BCUT2D eigenvalue weighted by atomic mass is 16.5. The molecule has 2 aliphatic rings. The van der Waals surface area contributed by atoms with E-state index in [1.807, 2.05) is 0 Å². The topological polar surface area (TPSA) is 26.0 Å². The third-order valence-electron chi connectivity index (χ3n) is 5.20. The summed E-state index contributed by atoms with van der Waals surface area (Å²) in [4.78, 5) is 0. The average Bonchev–Trinajstić information content (AvgIpc) is 2.60. The Hall–Kier alpha value is -0.790. The Labute approximate surface area is 104 Å². The fraction of sp³-hybridized carbons (Fsp3) is 0.800. The lowest BCUT2D eigenvalue weighted by Gasteiger charge is -2.47. The van der Waals surface area contributed by atoms with Gasteiger partial charge in [0.05, 0.1) is 5.69 Å². The van der Waals surface area contributed by atoms with Gasteiger partial charge in [-0.2, -0.15) is 0 Å². The Morgan fingerprint density at radius 1 is 1.29 bits per heavy atom. The second-order valence-corrected chi connectivity index (χ2v) is 6.78. The molecular weight excluding hydrogens is 210 g/mol. The fourth-order valence-corrected chi connectivity index (χ4v) is 4.48. The van der Waals surface area contributed by atoms with Crippen LogP contribution in [-0.4, -0.2) is 5.16 Å². The Balaban J connectivity index is 2.04. The summed E-state index contributed by atoms with van der Waals surface area (Å²) in [6.07, 6.45) is 5.26. The number of fused-ring (bicyclic) bond motifs is 2. The molecule has 0 aliphatic heterocycles. The lowest BCUT2D eigenvalue weighted by atomic mass is 9.56. The van der Waals surface area contributed by atoms with Gasteiger partial charge in [-0.15, -0.1) is 0 Å². The maximum atomic E-state index is 5.56. The van der Waals surface area contributed by atoms with Crippen LogP contribution in [0.3, 0.4) is 0 Å². The van der Waals surface area contributed by atoms with Crippen molar-refractivity contribution in [2.24, 2.45) is 17.8 Å².